The summed E-state index contributed by atoms with van der Waals surface area (Å²) in [5.74, 6) is 1.72. The fourth-order valence-electron chi connectivity index (χ4n) is 2.81. The van der Waals surface area contributed by atoms with E-state index in [1.165, 1.54) is 23.3 Å². The van der Waals surface area contributed by atoms with E-state index in [9.17, 15) is 0 Å². The first kappa shape index (κ1) is 14.8. The molecule has 3 rings (SSSR count). The third kappa shape index (κ3) is 3.06. The lowest BCUT2D eigenvalue weighted by molar-refractivity contribution is 0.605. The molecule has 112 valence electrons. The highest BCUT2D eigenvalue weighted by Crippen LogP contribution is 2.36. The van der Waals surface area contributed by atoms with Crippen molar-refractivity contribution in [3.8, 4) is 0 Å². The predicted octanol–water partition coefficient (Wildman–Crippen LogP) is 4.94. The quantitative estimate of drug-likeness (QED) is 0.810. The van der Waals surface area contributed by atoms with Gasteiger partial charge in [-0.15, -0.1) is 11.3 Å². The van der Waals surface area contributed by atoms with Gasteiger partial charge in [0.1, 0.15) is 16.8 Å². The van der Waals surface area contributed by atoms with Crippen molar-refractivity contribution in [2.45, 2.75) is 52.0 Å². The van der Waals surface area contributed by atoms with Crippen LogP contribution < -0.4 is 5.32 Å². The Balaban J connectivity index is 1.89. The van der Waals surface area contributed by atoms with Crippen molar-refractivity contribution in [2.24, 2.45) is 0 Å². The number of fused-ring (bicyclic) bond motifs is 1. The van der Waals surface area contributed by atoms with E-state index >= 15 is 0 Å². The van der Waals surface area contributed by atoms with Crippen molar-refractivity contribution in [3.63, 3.8) is 0 Å². The van der Waals surface area contributed by atoms with Gasteiger partial charge in [0.05, 0.1) is 6.04 Å². The Kier molecular flexibility index (Phi) is 4.45. The average molecular weight is 322 g/mol. The van der Waals surface area contributed by atoms with Crippen LogP contribution in [0.4, 0.5) is 5.82 Å². The molecule has 0 aromatic carbocycles. The number of anilines is 1. The number of halogens is 1. The summed E-state index contributed by atoms with van der Waals surface area (Å²) in [6.45, 7) is 4.11. The molecule has 0 saturated carbocycles. The third-order valence-corrected chi connectivity index (χ3v) is 5.33. The van der Waals surface area contributed by atoms with Crippen LogP contribution in [-0.2, 0) is 12.8 Å². The standard InChI is InChI=1S/C16H20ClN3S/c1-3-5-14-19-15(17)10(2)16(20-14)18-12-6-4-7-13-11(12)8-9-21-13/h8-9,12H,3-7H2,1-2H3,(H,18,19,20). The van der Waals surface area contributed by atoms with Gasteiger partial charge in [0.2, 0.25) is 0 Å². The van der Waals surface area contributed by atoms with Crippen molar-refractivity contribution in [1.82, 2.24) is 9.97 Å². The maximum absolute atomic E-state index is 6.26. The van der Waals surface area contributed by atoms with Crippen LogP contribution >= 0.6 is 22.9 Å². The van der Waals surface area contributed by atoms with Crippen molar-refractivity contribution < 1.29 is 0 Å². The van der Waals surface area contributed by atoms with Gasteiger partial charge in [0.15, 0.2) is 0 Å². The number of nitrogens with zero attached hydrogens (tertiary/aromatic N) is 2. The summed E-state index contributed by atoms with van der Waals surface area (Å²) in [7, 11) is 0. The number of thiophene rings is 1. The molecule has 2 heterocycles. The van der Waals surface area contributed by atoms with Gasteiger partial charge in [0.25, 0.3) is 0 Å². The first-order valence-corrected chi connectivity index (χ1v) is 8.80. The van der Waals surface area contributed by atoms with Gasteiger partial charge >= 0.3 is 0 Å². The molecule has 0 spiro atoms. The van der Waals surface area contributed by atoms with E-state index in [0.29, 0.717) is 11.2 Å². The van der Waals surface area contributed by atoms with Crippen LogP contribution in [0, 0.1) is 6.92 Å². The van der Waals surface area contributed by atoms with Gasteiger partial charge in [-0.25, -0.2) is 9.97 Å². The molecule has 1 unspecified atom stereocenters. The second kappa shape index (κ2) is 6.32. The number of hydrogen-bond acceptors (Lipinski definition) is 4. The van der Waals surface area contributed by atoms with Gasteiger partial charge in [-0.1, -0.05) is 18.5 Å². The van der Waals surface area contributed by atoms with Crippen molar-refractivity contribution in [2.75, 3.05) is 5.32 Å². The summed E-state index contributed by atoms with van der Waals surface area (Å²) in [4.78, 5) is 10.5. The van der Waals surface area contributed by atoms with E-state index in [1.807, 2.05) is 18.3 Å². The van der Waals surface area contributed by atoms with E-state index in [1.54, 1.807) is 0 Å². The van der Waals surface area contributed by atoms with Crippen molar-refractivity contribution >= 4 is 28.8 Å². The summed E-state index contributed by atoms with van der Waals surface area (Å²) in [5.41, 5.74) is 2.37. The van der Waals surface area contributed by atoms with Gasteiger partial charge in [-0.05, 0) is 49.6 Å². The predicted molar refractivity (Wildman–Crippen MR) is 89.4 cm³/mol. The molecule has 1 aliphatic rings. The zero-order chi connectivity index (χ0) is 14.8. The normalized spacial score (nSPS) is 17.6. The summed E-state index contributed by atoms with van der Waals surface area (Å²) < 4.78 is 0. The highest BCUT2D eigenvalue weighted by atomic mass is 35.5. The zero-order valence-electron chi connectivity index (χ0n) is 12.4. The summed E-state index contributed by atoms with van der Waals surface area (Å²) in [5, 5.41) is 6.36. The van der Waals surface area contributed by atoms with Crippen molar-refractivity contribution in [3.05, 3.63) is 38.4 Å². The first-order chi connectivity index (χ1) is 10.2. The Bertz CT molecular complexity index is 638. The zero-order valence-corrected chi connectivity index (χ0v) is 14.0. The summed E-state index contributed by atoms with van der Waals surface area (Å²) in [6, 6.07) is 2.58. The fraction of sp³-hybridized carbons (Fsp3) is 0.500. The Morgan fingerprint density at radius 1 is 1.43 bits per heavy atom. The maximum atomic E-state index is 6.26. The fourth-order valence-corrected chi connectivity index (χ4v) is 3.98. The lowest BCUT2D eigenvalue weighted by atomic mass is 9.94. The molecule has 1 aliphatic carbocycles. The molecule has 0 aliphatic heterocycles. The van der Waals surface area contributed by atoms with Gasteiger partial charge in [-0.2, -0.15) is 0 Å². The molecule has 0 amide bonds. The summed E-state index contributed by atoms with van der Waals surface area (Å²) in [6.07, 6.45) is 5.47. The van der Waals surface area contributed by atoms with Crippen LogP contribution in [0.5, 0.6) is 0 Å². The molecular weight excluding hydrogens is 302 g/mol. The second-order valence-electron chi connectivity index (χ2n) is 5.54. The molecule has 0 fully saturated rings. The van der Waals surface area contributed by atoms with Crippen molar-refractivity contribution in [1.29, 1.82) is 0 Å². The third-order valence-electron chi connectivity index (χ3n) is 3.97. The smallest absolute Gasteiger partial charge is 0.137 e. The minimum atomic E-state index is 0.346. The van der Waals surface area contributed by atoms with Crippen LogP contribution in [0.25, 0.3) is 0 Å². The van der Waals surface area contributed by atoms with E-state index in [-0.39, 0.29) is 0 Å². The Morgan fingerprint density at radius 3 is 3.10 bits per heavy atom. The van der Waals surface area contributed by atoms with E-state index in [4.69, 9.17) is 11.6 Å². The molecule has 1 N–H and O–H groups in total. The first-order valence-electron chi connectivity index (χ1n) is 7.55. The molecule has 0 bridgehead atoms. The van der Waals surface area contributed by atoms with E-state index in [2.05, 4.69) is 33.7 Å². The molecule has 5 heteroatoms. The molecule has 1 atom stereocenters. The van der Waals surface area contributed by atoms with Crippen LogP contribution in [0.3, 0.4) is 0 Å². The minimum Gasteiger partial charge on any atom is -0.363 e. The maximum Gasteiger partial charge on any atom is 0.137 e. The highest BCUT2D eigenvalue weighted by molar-refractivity contribution is 7.10. The van der Waals surface area contributed by atoms with E-state index in [0.717, 1.165) is 36.5 Å². The number of rotatable bonds is 4. The number of aromatic nitrogens is 2. The number of nitrogens with one attached hydrogen (secondary N) is 1. The molecule has 0 saturated heterocycles. The Hall–Kier alpha value is -1.13. The van der Waals surface area contributed by atoms with E-state index < -0.39 is 0 Å². The van der Waals surface area contributed by atoms with Gasteiger partial charge in [0, 0.05) is 16.9 Å². The lowest BCUT2D eigenvalue weighted by Crippen LogP contribution is -2.18. The molecule has 21 heavy (non-hydrogen) atoms. The molecular formula is C16H20ClN3S. The van der Waals surface area contributed by atoms with Crippen LogP contribution in [0.15, 0.2) is 11.4 Å². The van der Waals surface area contributed by atoms with Gasteiger partial charge in [-0.3, -0.25) is 0 Å². The van der Waals surface area contributed by atoms with Crippen LogP contribution in [0.1, 0.15) is 54.1 Å². The SMILES string of the molecule is CCCc1nc(Cl)c(C)c(NC2CCCc3sccc32)n1. The molecule has 0 radical (unpaired) electrons. The number of aryl methyl sites for hydroxylation is 2. The highest BCUT2D eigenvalue weighted by Gasteiger charge is 2.22. The molecule has 2 aromatic heterocycles. The monoisotopic (exact) mass is 321 g/mol. The topological polar surface area (TPSA) is 37.8 Å². The van der Waals surface area contributed by atoms with Crippen LogP contribution in [0.2, 0.25) is 5.15 Å². The molecule has 3 nitrogen and oxygen atoms in total. The lowest BCUT2D eigenvalue weighted by Gasteiger charge is -2.25. The average Bonchev–Trinajstić information content (AvgIpc) is 2.94. The molecule has 2 aromatic rings. The largest absolute Gasteiger partial charge is 0.363 e. The Morgan fingerprint density at radius 2 is 2.29 bits per heavy atom. The second-order valence-corrected chi connectivity index (χ2v) is 6.90. The summed E-state index contributed by atoms with van der Waals surface area (Å²) >= 11 is 8.12. The van der Waals surface area contributed by atoms with Crippen LogP contribution in [-0.4, -0.2) is 9.97 Å². The van der Waals surface area contributed by atoms with Gasteiger partial charge < -0.3 is 5.32 Å². The Labute approximate surface area is 134 Å². The minimum absolute atomic E-state index is 0.346. The number of hydrogen-bond donors (Lipinski definition) is 1.